The highest BCUT2D eigenvalue weighted by Crippen LogP contribution is 2.31. The Kier molecular flexibility index (Phi) is 33.9. The van der Waals surface area contributed by atoms with E-state index in [0.29, 0.717) is 38.4 Å². The number of carbonyl (C=O) groups is 2. The number of fused-ring (bicyclic) bond motifs is 1. The number of nitrogens with one attached hydrogen (secondary N) is 1. The van der Waals surface area contributed by atoms with E-state index < -0.39 is 48.2 Å². The number of rotatable bonds is 12. The number of unbranched alkanes of at least 4 members (excludes halogenated alkanes) is 3. The van der Waals surface area contributed by atoms with Crippen molar-refractivity contribution in [1.82, 2.24) is 20.3 Å². The molecule has 6 N–H and O–H groups in total. The van der Waals surface area contributed by atoms with Gasteiger partial charge in [-0.05, 0) is 107 Å². The second-order valence-corrected chi connectivity index (χ2v) is 20.7. The number of anilines is 1. The summed E-state index contributed by atoms with van der Waals surface area (Å²) in [7, 11) is 6.06. The molecule has 0 spiro atoms. The highest BCUT2D eigenvalue weighted by Gasteiger charge is 2.44. The van der Waals surface area contributed by atoms with Gasteiger partial charge in [0.2, 0.25) is 0 Å². The predicted octanol–water partition coefficient (Wildman–Crippen LogP) is 7.57. The highest BCUT2D eigenvalue weighted by molar-refractivity contribution is 5.81. The van der Waals surface area contributed by atoms with E-state index in [9.17, 15) is 34.5 Å². The van der Waals surface area contributed by atoms with Gasteiger partial charge in [-0.2, -0.15) is 4.94 Å². The number of benzene rings is 2. The smallest absolute Gasteiger partial charge is 0.308 e. The third-order valence-corrected chi connectivity index (χ3v) is 14.4. The van der Waals surface area contributed by atoms with Crippen LogP contribution in [0.4, 0.5) is 10.2 Å². The first-order chi connectivity index (χ1) is 36.8. The molecular formula is C58H98FN5O13. The molecule has 5 heterocycles. The summed E-state index contributed by atoms with van der Waals surface area (Å²) >= 11 is 0. The Balaban J connectivity index is 0.000000373. The molecule has 3 fully saturated rings. The maximum atomic E-state index is 12.2. The van der Waals surface area contributed by atoms with Gasteiger partial charge in [0.05, 0.1) is 62.0 Å². The molecule has 0 bridgehead atoms. The number of aliphatic hydroxyl groups excluding tert-OH is 5. The molecule has 19 heteroatoms. The number of ether oxygens (including phenoxy) is 5. The van der Waals surface area contributed by atoms with Gasteiger partial charge in [0.1, 0.15) is 30.3 Å². The standard InChI is InChI=1S/C24H31N5.C17H30O6.C8H16O4.C6H12O2.C2H6.CH3FO/c1-25-18-20-10-12-21(13-11-20)23-19-29(27-26-23)16-7-3-2-6-15-28-17-14-22-8-4-5-9-24(22)28;1-10-7-11(2)17(21)23-9-15(19)16(20)12(3)14(18)6-5-13(8-10)22-4;1-5-7(10)8(2,11-3)4-6(9)12-5;1-5-2-3-6(7)4-8-5;1-2;1-3-2/h4-5,8-13,19,25H,2-3,6-7,14-18H2,1H3;10-13,15-16,19-20H,5-9H2,1-4H3;5-7,9-10H,4H2,1-3H3;5-7H,2-4H2,1H3;1-2H3;1H3/t;10-,11?,12?,13?,15?,16?;5?,6-,7+,8-;5-,6?;;/m.011../s1. The van der Waals surface area contributed by atoms with Crippen LogP contribution in [0, 0.1) is 17.8 Å². The van der Waals surface area contributed by atoms with E-state index in [1.165, 1.54) is 62.7 Å². The molecule has 0 aliphatic carbocycles. The second-order valence-electron chi connectivity index (χ2n) is 20.7. The molecule has 12 atom stereocenters. The lowest BCUT2D eigenvalue weighted by atomic mass is 9.88. The van der Waals surface area contributed by atoms with Crippen LogP contribution >= 0.6 is 0 Å². The quantitative estimate of drug-likeness (QED) is 0.0757. The van der Waals surface area contributed by atoms with Crippen molar-refractivity contribution in [3.63, 3.8) is 0 Å². The molecule has 7 unspecified atom stereocenters. The fourth-order valence-electron chi connectivity index (χ4n) is 9.55. The minimum absolute atomic E-state index is 0.0608. The van der Waals surface area contributed by atoms with Crippen molar-refractivity contribution in [3.8, 4) is 11.3 Å². The molecule has 0 amide bonds. The highest BCUT2D eigenvalue weighted by atomic mass is 19.3. The van der Waals surface area contributed by atoms with Gasteiger partial charge in [0, 0.05) is 70.4 Å². The summed E-state index contributed by atoms with van der Waals surface area (Å²) < 4.78 is 37.6. The zero-order chi connectivity index (χ0) is 57.5. The van der Waals surface area contributed by atoms with Crippen LogP contribution in [-0.4, -0.2) is 162 Å². The maximum absolute atomic E-state index is 12.2. The summed E-state index contributed by atoms with van der Waals surface area (Å²) in [6.07, 6.45) is 8.36. The number of hydrogen-bond donors (Lipinski definition) is 6. The molecule has 0 saturated carbocycles. The first kappa shape index (κ1) is 69.1. The molecular weight excluding hydrogens is 994 g/mol. The number of ketones is 1. The van der Waals surface area contributed by atoms with Gasteiger partial charge in [-0.25, -0.2) is 0 Å². The van der Waals surface area contributed by atoms with Crippen LogP contribution in [-0.2, 0) is 57.7 Å². The van der Waals surface area contributed by atoms with Crippen molar-refractivity contribution in [1.29, 1.82) is 0 Å². The summed E-state index contributed by atoms with van der Waals surface area (Å²) in [5.74, 6) is -1.25. The maximum Gasteiger partial charge on any atom is 0.308 e. The van der Waals surface area contributed by atoms with Crippen LogP contribution in [0.5, 0.6) is 0 Å². The zero-order valence-corrected chi connectivity index (χ0v) is 48.4. The summed E-state index contributed by atoms with van der Waals surface area (Å²) in [4.78, 5) is 29.4. The molecule has 1 aromatic heterocycles. The van der Waals surface area contributed by atoms with Gasteiger partial charge in [0.15, 0.2) is 6.29 Å². The van der Waals surface area contributed by atoms with Crippen LogP contribution in [0.2, 0.25) is 0 Å². The molecule has 4 aliphatic rings. The average Bonchev–Trinajstić information content (AvgIpc) is 4.08. The van der Waals surface area contributed by atoms with Crippen LogP contribution < -0.4 is 10.2 Å². The van der Waals surface area contributed by atoms with Gasteiger partial charge < -0.3 is 59.4 Å². The number of aromatic nitrogens is 3. The summed E-state index contributed by atoms with van der Waals surface area (Å²) in [6.45, 7) is 19.3. The molecule has 7 rings (SSSR count). The molecule has 3 aromatic rings. The monoisotopic (exact) mass is 1090 g/mol. The number of aliphatic hydroxyl groups is 5. The van der Waals surface area contributed by atoms with Crippen LogP contribution in [0.15, 0.2) is 54.7 Å². The van der Waals surface area contributed by atoms with Crippen molar-refractivity contribution in [3.05, 3.63) is 65.9 Å². The number of carbonyl (C=O) groups excluding carboxylic acids is 2. The molecule has 3 saturated heterocycles. The largest absolute Gasteiger partial charge is 0.463 e. The predicted molar refractivity (Wildman–Crippen MR) is 296 cm³/mol. The normalized spacial score (nSPS) is 28.6. The van der Waals surface area contributed by atoms with Crippen molar-refractivity contribution in [2.45, 2.75) is 200 Å². The number of esters is 1. The first-order valence-electron chi connectivity index (χ1n) is 27.9. The Morgan fingerprint density at radius 2 is 1.51 bits per heavy atom. The summed E-state index contributed by atoms with van der Waals surface area (Å²) in [5.41, 5.74) is 5.61. The molecule has 2 aromatic carbocycles. The van der Waals surface area contributed by atoms with E-state index in [2.05, 4.69) is 80.2 Å². The van der Waals surface area contributed by atoms with E-state index in [1.54, 1.807) is 34.8 Å². The van der Waals surface area contributed by atoms with E-state index in [1.807, 2.05) is 39.4 Å². The molecule has 18 nitrogen and oxygen atoms in total. The lowest BCUT2D eigenvalue weighted by molar-refractivity contribution is -0.263. The number of halogens is 1. The number of hydrogen-bond acceptors (Lipinski definition) is 17. The van der Waals surface area contributed by atoms with Gasteiger partial charge in [-0.3, -0.25) is 14.3 Å². The van der Waals surface area contributed by atoms with Gasteiger partial charge >= 0.3 is 5.97 Å². The second kappa shape index (κ2) is 37.8. The Morgan fingerprint density at radius 1 is 0.844 bits per heavy atom. The minimum atomic E-state index is -1.26. The van der Waals surface area contributed by atoms with Gasteiger partial charge in [-0.1, -0.05) is 95.1 Å². The third kappa shape index (κ3) is 24.9. The zero-order valence-electron chi connectivity index (χ0n) is 48.4. The lowest BCUT2D eigenvalue weighted by Gasteiger charge is -2.42. The molecule has 4 aliphatic heterocycles. The van der Waals surface area contributed by atoms with Gasteiger partial charge in [-0.15, -0.1) is 5.10 Å². The Morgan fingerprint density at radius 3 is 2.12 bits per heavy atom. The average molecular weight is 1090 g/mol. The van der Waals surface area contributed by atoms with E-state index in [-0.39, 0.29) is 36.4 Å². The Hall–Kier alpha value is -3.99. The Bertz CT molecular complexity index is 2020. The van der Waals surface area contributed by atoms with Crippen molar-refractivity contribution in [2.24, 2.45) is 17.8 Å². The van der Waals surface area contributed by atoms with Crippen molar-refractivity contribution < 1.29 is 68.3 Å². The number of cyclic esters (lactones) is 1. The number of nitrogens with zero attached hydrogens (tertiary/aromatic N) is 4. The van der Waals surface area contributed by atoms with Crippen molar-refractivity contribution in [2.75, 3.05) is 59.6 Å². The van der Waals surface area contributed by atoms with Crippen molar-refractivity contribution >= 4 is 17.4 Å². The summed E-state index contributed by atoms with van der Waals surface area (Å²) in [5, 5.41) is 59.6. The fraction of sp³-hybridized carbons (Fsp3) is 0.724. The topological polar surface area (TPSA) is 237 Å². The molecule has 77 heavy (non-hydrogen) atoms. The summed E-state index contributed by atoms with van der Waals surface area (Å²) in [6, 6.07) is 17.4. The van der Waals surface area contributed by atoms with Crippen LogP contribution in [0.3, 0.4) is 0 Å². The fourth-order valence-corrected chi connectivity index (χ4v) is 9.55. The van der Waals surface area contributed by atoms with E-state index in [4.69, 9.17) is 28.8 Å². The van der Waals surface area contributed by atoms with E-state index >= 15 is 0 Å². The number of Topliss-reactive ketones (excluding diaryl/α,β-unsaturated/α-hetero) is 1. The molecule has 440 valence electrons. The number of methoxy groups -OCH3 is 2. The number of para-hydroxylation sites is 1. The van der Waals surface area contributed by atoms with Gasteiger partial charge in [0.25, 0.3) is 0 Å². The van der Waals surface area contributed by atoms with Crippen LogP contribution in [0.1, 0.15) is 137 Å². The Labute approximate surface area is 459 Å². The third-order valence-electron chi connectivity index (χ3n) is 14.4. The van der Waals surface area contributed by atoms with Crippen LogP contribution in [0.25, 0.3) is 11.3 Å². The first-order valence-corrected chi connectivity index (χ1v) is 27.9. The minimum Gasteiger partial charge on any atom is -0.463 e. The SMILES string of the molecule is CC.CNCc1ccc(-c2cn(CCCCCCN3CCc4ccccc43)nn2)cc1.COC1CCC(=O)C(C)C(O)C(O)COC(=O)C(C)C[C@H](C)C1.COF.CO[C@]1(C)C[C@H](O)OC(C)[C@@H]1O.C[C@@H]1CCC(O)CO1. The molecule has 0 radical (unpaired) electrons. The van der Waals surface area contributed by atoms with E-state index in [0.717, 1.165) is 57.1 Å². The lowest BCUT2D eigenvalue weighted by Crippen LogP contribution is -2.55. The number of aryl methyl sites for hydroxylation is 1.